The van der Waals surface area contributed by atoms with Gasteiger partial charge in [-0.1, -0.05) is 24.3 Å². The summed E-state index contributed by atoms with van der Waals surface area (Å²) in [4.78, 5) is 0. The van der Waals surface area contributed by atoms with E-state index in [9.17, 15) is 0 Å². The maximum absolute atomic E-state index is 5.85. The van der Waals surface area contributed by atoms with Crippen molar-refractivity contribution in [2.75, 3.05) is 5.73 Å². The van der Waals surface area contributed by atoms with Crippen LogP contribution in [0.1, 0.15) is 40.6 Å². The zero-order chi connectivity index (χ0) is 12.3. The maximum Gasteiger partial charge on any atom is 0.148 e. The summed E-state index contributed by atoms with van der Waals surface area (Å²) >= 11 is 0. The number of aryl methyl sites for hydroxylation is 1. The zero-order valence-electron chi connectivity index (χ0n) is 10.5. The second-order valence-electron chi connectivity index (χ2n) is 5.60. The smallest absolute Gasteiger partial charge is 0.148 e. The summed E-state index contributed by atoms with van der Waals surface area (Å²) in [5.74, 6) is 2.74. The van der Waals surface area contributed by atoms with Crippen molar-refractivity contribution in [1.29, 1.82) is 0 Å². The van der Waals surface area contributed by atoms with Crippen molar-refractivity contribution in [3.8, 4) is 0 Å². The highest BCUT2D eigenvalue weighted by molar-refractivity contribution is 5.50. The standard InChI is InChI=1S/C15H17N3/c1-8-14(17-18-15(8)16)13-11-7-6-9-4-2-3-5-10(9)12(11)13/h2-5,11-13H,6-7H2,1H3,(H3,16,17,18). The van der Waals surface area contributed by atoms with Gasteiger partial charge in [-0.25, -0.2) is 0 Å². The third-order valence-corrected chi connectivity index (χ3v) is 4.75. The summed E-state index contributed by atoms with van der Waals surface area (Å²) in [5, 5.41) is 7.29. The topological polar surface area (TPSA) is 54.7 Å². The van der Waals surface area contributed by atoms with E-state index >= 15 is 0 Å². The second kappa shape index (κ2) is 3.37. The number of nitrogens with two attached hydrogens (primary N) is 1. The minimum absolute atomic E-state index is 0.610. The number of aromatic amines is 1. The molecule has 1 aromatic carbocycles. The van der Waals surface area contributed by atoms with E-state index in [1.807, 2.05) is 0 Å². The van der Waals surface area contributed by atoms with Gasteiger partial charge in [-0.2, -0.15) is 5.10 Å². The third-order valence-electron chi connectivity index (χ3n) is 4.75. The molecular formula is C15H17N3. The Kier molecular flexibility index (Phi) is 1.91. The van der Waals surface area contributed by atoms with Crippen LogP contribution in [0.4, 0.5) is 5.82 Å². The number of hydrogen-bond acceptors (Lipinski definition) is 2. The van der Waals surface area contributed by atoms with Gasteiger partial charge in [-0.15, -0.1) is 0 Å². The number of benzene rings is 1. The number of nitrogens with one attached hydrogen (secondary N) is 1. The van der Waals surface area contributed by atoms with E-state index in [0.29, 0.717) is 17.7 Å². The average Bonchev–Trinajstić information content (AvgIpc) is 3.05. The van der Waals surface area contributed by atoms with Gasteiger partial charge in [0.25, 0.3) is 0 Å². The molecule has 0 aliphatic heterocycles. The van der Waals surface area contributed by atoms with E-state index in [2.05, 4.69) is 41.4 Å². The minimum Gasteiger partial charge on any atom is -0.382 e. The SMILES string of the molecule is Cc1c(N)n[nH]c1C1C2CCc3ccccc3C21. The molecule has 18 heavy (non-hydrogen) atoms. The van der Waals surface area contributed by atoms with Crippen LogP contribution >= 0.6 is 0 Å². The van der Waals surface area contributed by atoms with E-state index in [4.69, 9.17) is 5.73 Å². The molecule has 92 valence electrons. The van der Waals surface area contributed by atoms with Gasteiger partial charge in [0.05, 0.1) is 0 Å². The Morgan fingerprint density at radius 2 is 2.11 bits per heavy atom. The van der Waals surface area contributed by atoms with Crippen LogP contribution in [0.15, 0.2) is 24.3 Å². The molecule has 4 rings (SSSR count). The number of fused-ring (bicyclic) bond motifs is 3. The molecule has 1 saturated carbocycles. The number of H-pyrrole nitrogens is 1. The molecule has 0 bridgehead atoms. The van der Waals surface area contributed by atoms with Gasteiger partial charge in [0.15, 0.2) is 0 Å². The van der Waals surface area contributed by atoms with Crippen LogP contribution in [0.25, 0.3) is 0 Å². The first-order chi connectivity index (χ1) is 8.77. The normalized spacial score (nSPS) is 28.6. The van der Waals surface area contributed by atoms with Crippen LogP contribution in [0.5, 0.6) is 0 Å². The van der Waals surface area contributed by atoms with Crippen LogP contribution in [-0.2, 0) is 6.42 Å². The van der Waals surface area contributed by atoms with Crippen molar-refractivity contribution in [1.82, 2.24) is 10.2 Å². The fourth-order valence-electron chi connectivity index (χ4n) is 3.71. The van der Waals surface area contributed by atoms with E-state index in [0.717, 1.165) is 11.5 Å². The molecule has 1 heterocycles. The van der Waals surface area contributed by atoms with Crippen LogP contribution in [0.2, 0.25) is 0 Å². The van der Waals surface area contributed by atoms with Crippen molar-refractivity contribution in [2.45, 2.75) is 31.6 Å². The summed E-state index contributed by atoms with van der Waals surface area (Å²) in [6, 6.07) is 8.87. The van der Waals surface area contributed by atoms with Crippen molar-refractivity contribution in [3.63, 3.8) is 0 Å². The lowest BCUT2D eigenvalue weighted by atomic mass is 9.92. The Balaban J connectivity index is 1.75. The molecule has 0 spiro atoms. The molecule has 1 fully saturated rings. The molecule has 3 unspecified atom stereocenters. The fourth-order valence-corrected chi connectivity index (χ4v) is 3.71. The van der Waals surface area contributed by atoms with E-state index in [-0.39, 0.29) is 0 Å². The Morgan fingerprint density at radius 3 is 2.89 bits per heavy atom. The predicted molar refractivity (Wildman–Crippen MR) is 71.5 cm³/mol. The highest BCUT2D eigenvalue weighted by atomic mass is 15.2. The van der Waals surface area contributed by atoms with Crippen LogP contribution < -0.4 is 5.73 Å². The van der Waals surface area contributed by atoms with Gasteiger partial charge in [0, 0.05) is 17.2 Å². The van der Waals surface area contributed by atoms with Crippen LogP contribution in [0.3, 0.4) is 0 Å². The number of nitrogens with zero attached hydrogens (tertiary/aromatic N) is 1. The summed E-state index contributed by atoms with van der Waals surface area (Å²) in [6.07, 6.45) is 2.52. The Hall–Kier alpha value is -1.77. The molecule has 0 saturated heterocycles. The largest absolute Gasteiger partial charge is 0.382 e. The molecule has 2 aliphatic carbocycles. The Labute approximate surface area is 106 Å². The Morgan fingerprint density at radius 1 is 1.28 bits per heavy atom. The first-order valence-electron chi connectivity index (χ1n) is 6.65. The molecular weight excluding hydrogens is 222 g/mol. The number of aromatic nitrogens is 2. The minimum atomic E-state index is 0.610. The third kappa shape index (κ3) is 1.22. The van der Waals surface area contributed by atoms with Crippen LogP contribution in [-0.4, -0.2) is 10.2 Å². The summed E-state index contributed by atoms with van der Waals surface area (Å²) in [6.45, 7) is 2.07. The van der Waals surface area contributed by atoms with Crippen LogP contribution in [0, 0.1) is 12.8 Å². The molecule has 2 aromatic rings. The lowest BCUT2D eigenvalue weighted by molar-refractivity contribution is 0.656. The van der Waals surface area contributed by atoms with Gasteiger partial charge in [0.1, 0.15) is 5.82 Å². The van der Waals surface area contributed by atoms with Gasteiger partial charge in [-0.05, 0) is 42.7 Å². The number of rotatable bonds is 1. The van der Waals surface area contributed by atoms with Crippen molar-refractivity contribution >= 4 is 5.82 Å². The number of hydrogen-bond donors (Lipinski definition) is 2. The summed E-state index contributed by atoms with van der Waals surface area (Å²) in [7, 11) is 0. The van der Waals surface area contributed by atoms with Gasteiger partial charge >= 0.3 is 0 Å². The molecule has 0 amide bonds. The lowest BCUT2D eigenvalue weighted by Gasteiger charge is -2.13. The van der Waals surface area contributed by atoms with Crippen molar-refractivity contribution < 1.29 is 0 Å². The summed E-state index contributed by atoms with van der Waals surface area (Å²) in [5.41, 5.74) is 11.3. The monoisotopic (exact) mass is 239 g/mol. The van der Waals surface area contributed by atoms with Gasteiger partial charge < -0.3 is 5.73 Å². The first-order valence-corrected chi connectivity index (χ1v) is 6.65. The second-order valence-corrected chi connectivity index (χ2v) is 5.60. The fraction of sp³-hybridized carbons (Fsp3) is 0.400. The van der Waals surface area contributed by atoms with Crippen molar-refractivity contribution in [3.05, 3.63) is 46.6 Å². The first kappa shape index (κ1) is 10.2. The van der Waals surface area contributed by atoms with E-state index in [1.165, 1.54) is 24.1 Å². The molecule has 3 N–H and O–H groups in total. The summed E-state index contributed by atoms with van der Waals surface area (Å²) < 4.78 is 0. The van der Waals surface area contributed by atoms with E-state index in [1.54, 1.807) is 5.56 Å². The molecule has 3 nitrogen and oxygen atoms in total. The average molecular weight is 239 g/mol. The Bertz CT molecular complexity index is 614. The molecule has 3 heteroatoms. The quantitative estimate of drug-likeness (QED) is 0.804. The zero-order valence-corrected chi connectivity index (χ0v) is 10.5. The molecule has 0 radical (unpaired) electrons. The molecule has 1 aromatic heterocycles. The van der Waals surface area contributed by atoms with Gasteiger partial charge in [0.2, 0.25) is 0 Å². The maximum atomic E-state index is 5.85. The highest BCUT2D eigenvalue weighted by Gasteiger charge is 2.55. The number of nitrogen functional groups attached to an aromatic ring is 1. The van der Waals surface area contributed by atoms with Crippen molar-refractivity contribution in [2.24, 2.45) is 5.92 Å². The highest BCUT2D eigenvalue weighted by Crippen LogP contribution is 2.65. The predicted octanol–water partition coefficient (Wildman–Crippen LogP) is 2.74. The van der Waals surface area contributed by atoms with Gasteiger partial charge in [-0.3, -0.25) is 5.10 Å². The molecule has 3 atom stereocenters. The van der Waals surface area contributed by atoms with E-state index < -0.39 is 0 Å². The molecule has 2 aliphatic rings. The lowest BCUT2D eigenvalue weighted by Crippen LogP contribution is -2.00. The number of anilines is 1.